The summed E-state index contributed by atoms with van der Waals surface area (Å²) < 4.78 is 5.17. The van der Waals surface area contributed by atoms with Gasteiger partial charge in [-0.2, -0.15) is 0 Å². The number of rotatable bonds is 6. The number of ether oxygens (including phenoxy) is 1. The van der Waals surface area contributed by atoms with Crippen molar-refractivity contribution in [1.29, 1.82) is 0 Å². The van der Waals surface area contributed by atoms with Gasteiger partial charge in [-0.3, -0.25) is 9.69 Å². The largest absolute Gasteiger partial charge is 0.497 e. The fourth-order valence-corrected chi connectivity index (χ4v) is 2.76. The van der Waals surface area contributed by atoms with E-state index in [1.807, 2.05) is 24.3 Å². The molecule has 1 saturated heterocycles. The van der Waals surface area contributed by atoms with Gasteiger partial charge in [-0.15, -0.1) is 0 Å². The van der Waals surface area contributed by atoms with E-state index < -0.39 is 0 Å². The number of anilines is 1. The van der Waals surface area contributed by atoms with Crippen molar-refractivity contribution < 1.29 is 9.53 Å². The van der Waals surface area contributed by atoms with Gasteiger partial charge in [0.25, 0.3) is 0 Å². The molecular weight excluding hydrogens is 266 g/mol. The second-order valence-electron chi connectivity index (χ2n) is 5.32. The molecule has 116 valence electrons. The fourth-order valence-electron chi connectivity index (χ4n) is 2.76. The summed E-state index contributed by atoms with van der Waals surface area (Å²) in [4.78, 5) is 14.5. The normalized spacial score (nSPS) is 16.0. The fraction of sp³-hybridized carbons (Fsp3) is 0.562. The maximum absolute atomic E-state index is 12.2. The Morgan fingerprint density at radius 2 is 2.19 bits per heavy atom. The minimum Gasteiger partial charge on any atom is -0.497 e. The van der Waals surface area contributed by atoms with E-state index >= 15 is 0 Å². The summed E-state index contributed by atoms with van der Waals surface area (Å²) in [7, 11) is 1.62. The van der Waals surface area contributed by atoms with Crippen LogP contribution < -0.4 is 15.4 Å². The van der Waals surface area contributed by atoms with Gasteiger partial charge in [0, 0.05) is 17.8 Å². The van der Waals surface area contributed by atoms with E-state index in [1.165, 1.54) is 0 Å². The Bertz CT molecular complexity index is 459. The van der Waals surface area contributed by atoms with Gasteiger partial charge in [-0.25, -0.2) is 0 Å². The zero-order chi connectivity index (χ0) is 15.1. The second kappa shape index (κ2) is 8.00. The van der Waals surface area contributed by atoms with E-state index in [1.54, 1.807) is 7.11 Å². The molecule has 1 aromatic carbocycles. The Morgan fingerprint density at radius 3 is 2.86 bits per heavy atom. The Hall–Kier alpha value is -1.59. The van der Waals surface area contributed by atoms with Crippen molar-refractivity contribution in [3.63, 3.8) is 0 Å². The van der Waals surface area contributed by atoms with Crippen LogP contribution in [0.1, 0.15) is 19.8 Å². The Labute approximate surface area is 126 Å². The molecule has 0 radical (unpaired) electrons. The molecule has 0 saturated carbocycles. The Morgan fingerprint density at radius 1 is 1.43 bits per heavy atom. The lowest BCUT2D eigenvalue weighted by molar-refractivity contribution is -0.118. The van der Waals surface area contributed by atoms with Crippen molar-refractivity contribution >= 4 is 11.6 Å². The molecule has 1 aromatic rings. The number of carbonyl (C=O) groups is 1. The molecule has 0 unspecified atom stereocenters. The lowest BCUT2D eigenvalue weighted by Gasteiger charge is -2.33. The average molecular weight is 291 g/mol. The minimum absolute atomic E-state index is 0.0311. The molecule has 1 amide bonds. The van der Waals surface area contributed by atoms with Crippen LogP contribution in [0.4, 0.5) is 5.69 Å². The number of nitrogens with zero attached hydrogens (tertiary/aromatic N) is 1. The van der Waals surface area contributed by atoms with Crippen LogP contribution in [0.25, 0.3) is 0 Å². The summed E-state index contributed by atoms with van der Waals surface area (Å²) in [5.74, 6) is 0.780. The van der Waals surface area contributed by atoms with Gasteiger partial charge in [0.1, 0.15) is 5.75 Å². The van der Waals surface area contributed by atoms with E-state index in [2.05, 4.69) is 22.5 Å². The quantitative estimate of drug-likeness (QED) is 0.838. The van der Waals surface area contributed by atoms with Crippen LogP contribution in [-0.2, 0) is 4.79 Å². The molecule has 21 heavy (non-hydrogen) atoms. The molecule has 2 N–H and O–H groups in total. The molecular formula is C16H25N3O2. The van der Waals surface area contributed by atoms with Crippen LogP contribution in [-0.4, -0.2) is 50.1 Å². The van der Waals surface area contributed by atoms with Crippen LogP contribution in [0, 0.1) is 0 Å². The highest BCUT2D eigenvalue weighted by Gasteiger charge is 2.21. The summed E-state index contributed by atoms with van der Waals surface area (Å²) in [6.07, 6.45) is 2.22. The maximum atomic E-state index is 12.2. The van der Waals surface area contributed by atoms with Crippen molar-refractivity contribution in [1.82, 2.24) is 10.2 Å². The third kappa shape index (κ3) is 4.72. The van der Waals surface area contributed by atoms with Crippen molar-refractivity contribution in [2.45, 2.75) is 25.8 Å². The molecule has 5 nitrogen and oxygen atoms in total. The number of carbonyl (C=O) groups excluding carboxylic acids is 1. The summed E-state index contributed by atoms with van der Waals surface area (Å²) in [5.41, 5.74) is 0.778. The zero-order valence-corrected chi connectivity index (χ0v) is 12.9. The molecule has 0 aromatic heterocycles. The van der Waals surface area contributed by atoms with E-state index in [9.17, 15) is 4.79 Å². The highest BCUT2D eigenvalue weighted by Crippen LogP contribution is 2.17. The number of hydrogen-bond acceptors (Lipinski definition) is 4. The first-order valence-corrected chi connectivity index (χ1v) is 7.61. The van der Waals surface area contributed by atoms with Gasteiger partial charge in [-0.05, 0) is 44.6 Å². The van der Waals surface area contributed by atoms with Crippen molar-refractivity contribution in [3.05, 3.63) is 24.3 Å². The number of piperidine rings is 1. The van der Waals surface area contributed by atoms with Crippen molar-refractivity contribution in [2.75, 3.05) is 38.6 Å². The van der Waals surface area contributed by atoms with Gasteiger partial charge in [-0.1, -0.05) is 13.0 Å². The van der Waals surface area contributed by atoms with E-state index in [0.717, 1.165) is 43.9 Å². The molecule has 0 bridgehead atoms. The summed E-state index contributed by atoms with van der Waals surface area (Å²) in [5, 5.41) is 6.30. The molecule has 0 spiro atoms. The molecule has 1 fully saturated rings. The number of methoxy groups -OCH3 is 1. The van der Waals surface area contributed by atoms with Crippen LogP contribution in [0.15, 0.2) is 24.3 Å². The number of benzene rings is 1. The predicted octanol–water partition coefficient (Wildman–Crippen LogP) is 1.71. The number of hydrogen-bond donors (Lipinski definition) is 2. The van der Waals surface area contributed by atoms with Gasteiger partial charge in [0.05, 0.1) is 13.7 Å². The van der Waals surface area contributed by atoms with Crippen LogP contribution in [0.5, 0.6) is 5.75 Å². The second-order valence-corrected chi connectivity index (χ2v) is 5.32. The summed E-state index contributed by atoms with van der Waals surface area (Å²) in [6, 6.07) is 7.95. The molecule has 1 aliphatic rings. The smallest absolute Gasteiger partial charge is 0.238 e. The highest BCUT2D eigenvalue weighted by molar-refractivity contribution is 5.92. The van der Waals surface area contributed by atoms with Gasteiger partial charge < -0.3 is 15.4 Å². The van der Waals surface area contributed by atoms with Crippen molar-refractivity contribution in [3.8, 4) is 5.75 Å². The molecule has 0 aliphatic carbocycles. The maximum Gasteiger partial charge on any atom is 0.238 e. The molecule has 1 heterocycles. The third-order valence-electron chi connectivity index (χ3n) is 3.93. The third-order valence-corrected chi connectivity index (χ3v) is 3.93. The zero-order valence-electron chi connectivity index (χ0n) is 12.9. The monoisotopic (exact) mass is 291 g/mol. The van der Waals surface area contributed by atoms with E-state index in [0.29, 0.717) is 12.6 Å². The highest BCUT2D eigenvalue weighted by atomic mass is 16.5. The minimum atomic E-state index is 0.0311. The van der Waals surface area contributed by atoms with Crippen molar-refractivity contribution in [2.24, 2.45) is 0 Å². The average Bonchev–Trinajstić information content (AvgIpc) is 2.53. The predicted molar refractivity (Wildman–Crippen MR) is 84.8 cm³/mol. The lowest BCUT2D eigenvalue weighted by atomic mass is 10.0. The van der Waals surface area contributed by atoms with Crippen LogP contribution >= 0.6 is 0 Å². The standard InChI is InChI=1S/C16H25N3O2/c1-3-19(14-7-9-17-10-8-14)12-16(20)18-13-5-4-6-15(11-13)21-2/h4-6,11,14,17H,3,7-10,12H2,1-2H3,(H,18,20). The molecule has 1 aliphatic heterocycles. The molecule has 0 atom stereocenters. The van der Waals surface area contributed by atoms with Gasteiger partial charge in [0.2, 0.25) is 5.91 Å². The Balaban J connectivity index is 1.89. The SMILES string of the molecule is CCN(CC(=O)Nc1cccc(OC)c1)C1CCNCC1. The first-order chi connectivity index (χ1) is 10.2. The summed E-state index contributed by atoms with van der Waals surface area (Å²) >= 11 is 0. The van der Waals surface area contributed by atoms with Crippen LogP contribution in [0.3, 0.4) is 0 Å². The molecule has 5 heteroatoms. The summed E-state index contributed by atoms with van der Waals surface area (Å²) in [6.45, 7) is 5.53. The lowest BCUT2D eigenvalue weighted by Crippen LogP contribution is -2.46. The Kier molecular flexibility index (Phi) is 6.02. The molecule has 2 rings (SSSR count). The van der Waals surface area contributed by atoms with Gasteiger partial charge in [0.15, 0.2) is 0 Å². The first-order valence-electron chi connectivity index (χ1n) is 7.61. The number of amides is 1. The number of nitrogens with one attached hydrogen (secondary N) is 2. The van der Waals surface area contributed by atoms with E-state index in [-0.39, 0.29) is 5.91 Å². The van der Waals surface area contributed by atoms with Crippen LogP contribution in [0.2, 0.25) is 0 Å². The topological polar surface area (TPSA) is 53.6 Å². The van der Waals surface area contributed by atoms with E-state index in [4.69, 9.17) is 4.74 Å². The number of likely N-dealkylation sites (N-methyl/N-ethyl adjacent to an activating group) is 1. The first kappa shape index (κ1) is 15.8. The van der Waals surface area contributed by atoms with Gasteiger partial charge >= 0.3 is 0 Å².